The number of nitrogens with zero attached hydrogens (tertiary/aromatic N) is 1. The van der Waals surface area contributed by atoms with Crippen molar-refractivity contribution in [1.29, 1.82) is 0 Å². The summed E-state index contributed by atoms with van der Waals surface area (Å²) in [4.78, 5) is 16.4. The molecule has 6 heteroatoms. The number of aromatic nitrogens is 1. The van der Waals surface area contributed by atoms with E-state index in [1.165, 1.54) is 7.11 Å². The Balaban J connectivity index is 2.15. The van der Waals surface area contributed by atoms with Crippen LogP contribution in [0.4, 0.5) is 0 Å². The molecule has 0 spiro atoms. The summed E-state index contributed by atoms with van der Waals surface area (Å²) in [6, 6.07) is 3.44. The van der Waals surface area contributed by atoms with Gasteiger partial charge in [0.15, 0.2) is 0 Å². The number of carbonyl (C=O) groups is 1. The number of ether oxygens (including phenoxy) is 2. The molecule has 2 heterocycles. The van der Waals surface area contributed by atoms with Crippen molar-refractivity contribution in [3.05, 3.63) is 23.9 Å². The molecule has 1 fully saturated rings. The van der Waals surface area contributed by atoms with Gasteiger partial charge in [0, 0.05) is 24.7 Å². The van der Waals surface area contributed by atoms with Crippen LogP contribution in [0.25, 0.3) is 0 Å². The Hall–Kier alpha value is -1.14. The molecule has 1 aliphatic rings. The van der Waals surface area contributed by atoms with Gasteiger partial charge in [0.1, 0.15) is 5.56 Å². The van der Waals surface area contributed by atoms with E-state index in [0.717, 1.165) is 12.8 Å². The fraction of sp³-hybridized carbons (Fsp3) is 0.538. The summed E-state index contributed by atoms with van der Waals surface area (Å²) in [5.41, 5.74) is 0.202. The maximum Gasteiger partial charge on any atom is 0.257 e. The maximum atomic E-state index is 12.4. The number of nitrogens with one attached hydrogen (secondary N) is 1. The molecule has 1 aromatic rings. The monoisotopic (exact) mass is 328 g/mol. The van der Waals surface area contributed by atoms with Gasteiger partial charge in [-0.15, -0.1) is 0 Å². The number of halogens is 1. The van der Waals surface area contributed by atoms with Gasteiger partial charge in [-0.05, 0) is 25.0 Å². The lowest BCUT2D eigenvalue weighted by molar-refractivity contribution is 0.0441. The van der Waals surface area contributed by atoms with Crippen molar-refractivity contribution in [2.75, 3.05) is 25.7 Å². The zero-order valence-corrected chi connectivity index (χ0v) is 12.4. The van der Waals surface area contributed by atoms with Gasteiger partial charge < -0.3 is 14.8 Å². The molecule has 0 atom stereocenters. The minimum Gasteiger partial charge on any atom is -0.480 e. The first-order chi connectivity index (χ1) is 9.21. The van der Waals surface area contributed by atoms with Crippen molar-refractivity contribution in [1.82, 2.24) is 10.3 Å². The van der Waals surface area contributed by atoms with Crippen LogP contribution in [0, 0.1) is 0 Å². The Kier molecular flexibility index (Phi) is 4.76. The summed E-state index contributed by atoms with van der Waals surface area (Å²) < 4.78 is 10.5. The van der Waals surface area contributed by atoms with Gasteiger partial charge in [-0.25, -0.2) is 4.98 Å². The number of alkyl halides is 1. The molecule has 19 heavy (non-hydrogen) atoms. The van der Waals surface area contributed by atoms with E-state index in [4.69, 9.17) is 9.47 Å². The number of rotatable bonds is 4. The van der Waals surface area contributed by atoms with E-state index < -0.39 is 0 Å². The smallest absolute Gasteiger partial charge is 0.257 e. The summed E-state index contributed by atoms with van der Waals surface area (Å²) in [6.07, 6.45) is 3.20. The van der Waals surface area contributed by atoms with Gasteiger partial charge in [0.05, 0.1) is 12.6 Å². The average Bonchev–Trinajstić information content (AvgIpc) is 2.48. The van der Waals surface area contributed by atoms with Crippen LogP contribution in [0.15, 0.2) is 18.3 Å². The Bertz CT molecular complexity index is 447. The zero-order chi connectivity index (χ0) is 13.7. The minimum atomic E-state index is -0.254. The Morgan fingerprint density at radius 1 is 1.58 bits per heavy atom. The van der Waals surface area contributed by atoms with Crippen molar-refractivity contribution >= 4 is 21.8 Å². The molecular weight excluding hydrogens is 312 g/mol. The van der Waals surface area contributed by atoms with E-state index >= 15 is 0 Å². The van der Waals surface area contributed by atoms with E-state index in [1.807, 2.05) is 0 Å². The number of carbonyl (C=O) groups excluding carboxylic acids is 1. The molecule has 0 bridgehead atoms. The molecule has 1 saturated heterocycles. The molecule has 1 aromatic heterocycles. The van der Waals surface area contributed by atoms with Crippen LogP contribution < -0.4 is 10.1 Å². The second kappa shape index (κ2) is 6.34. The molecule has 0 aliphatic carbocycles. The van der Waals surface area contributed by atoms with E-state index in [1.54, 1.807) is 18.3 Å². The van der Waals surface area contributed by atoms with Crippen molar-refractivity contribution in [2.45, 2.75) is 18.4 Å². The van der Waals surface area contributed by atoms with Crippen molar-refractivity contribution in [3.63, 3.8) is 0 Å². The van der Waals surface area contributed by atoms with Gasteiger partial charge in [0.25, 0.3) is 5.91 Å². The molecule has 0 unspecified atom stereocenters. The second-order valence-corrected chi connectivity index (χ2v) is 5.10. The molecule has 1 amide bonds. The maximum absolute atomic E-state index is 12.4. The Morgan fingerprint density at radius 3 is 2.95 bits per heavy atom. The molecule has 2 rings (SSSR count). The molecule has 1 aliphatic heterocycles. The van der Waals surface area contributed by atoms with Crippen LogP contribution in [0.5, 0.6) is 5.88 Å². The fourth-order valence-electron chi connectivity index (χ4n) is 2.09. The van der Waals surface area contributed by atoms with Crippen LogP contribution in [0.1, 0.15) is 23.2 Å². The van der Waals surface area contributed by atoms with Crippen LogP contribution in [-0.4, -0.2) is 42.1 Å². The van der Waals surface area contributed by atoms with E-state index in [0.29, 0.717) is 30.0 Å². The lowest BCUT2D eigenvalue weighted by Gasteiger charge is -2.36. The molecule has 104 valence electrons. The average molecular weight is 329 g/mol. The third-order valence-corrected chi connectivity index (χ3v) is 4.37. The number of amides is 1. The lowest BCUT2D eigenvalue weighted by atomic mass is 9.92. The predicted molar refractivity (Wildman–Crippen MR) is 74.8 cm³/mol. The van der Waals surface area contributed by atoms with Crippen molar-refractivity contribution in [2.24, 2.45) is 0 Å². The third kappa shape index (κ3) is 3.25. The highest BCUT2D eigenvalue weighted by Crippen LogP contribution is 2.24. The van der Waals surface area contributed by atoms with E-state index in [9.17, 15) is 4.79 Å². The highest BCUT2D eigenvalue weighted by molar-refractivity contribution is 9.09. The van der Waals surface area contributed by atoms with Crippen molar-refractivity contribution < 1.29 is 14.3 Å². The van der Waals surface area contributed by atoms with Crippen LogP contribution in [-0.2, 0) is 4.74 Å². The van der Waals surface area contributed by atoms with Gasteiger partial charge in [-0.2, -0.15) is 0 Å². The largest absolute Gasteiger partial charge is 0.480 e. The number of pyridine rings is 1. The molecule has 0 saturated carbocycles. The second-order valence-electron chi connectivity index (χ2n) is 4.54. The molecule has 1 N–H and O–H groups in total. The van der Waals surface area contributed by atoms with Gasteiger partial charge in [-0.1, -0.05) is 15.9 Å². The zero-order valence-electron chi connectivity index (χ0n) is 10.8. The van der Waals surface area contributed by atoms with Crippen LogP contribution in [0.2, 0.25) is 0 Å². The number of hydrogen-bond donors (Lipinski definition) is 1. The van der Waals surface area contributed by atoms with Gasteiger partial charge in [-0.3, -0.25) is 4.79 Å². The quantitative estimate of drug-likeness (QED) is 0.855. The predicted octanol–water partition coefficient (Wildman–Crippen LogP) is 1.76. The lowest BCUT2D eigenvalue weighted by Crippen LogP contribution is -2.53. The summed E-state index contributed by atoms with van der Waals surface area (Å²) >= 11 is 3.49. The fourth-order valence-corrected chi connectivity index (χ4v) is 2.79. The van der Waals surface area contributed by atoms with Crippen LogP contribution in [0.3, 0.4) is 0 Å². The third-order valence-electron chi connectivity index (χ3n) is 3.29. The first-order valence-electron chi connectivity index (χ1n) is 6.16. The first kappa shape index (κ1) is 14.3. The Labute approximate surface area is 120 Å². The normalized spacial score (nSPS) is 17.8. The SMILES string of the molecule is COc1ncccc1C(=O)NC1(CBr)CCOCC1. The van der Waals surface area contributed by atoms with E-state index in [-0.39, 0.29) is 11.4 Å². The number of hydrogen-bond acceptors (Lipinski definition) is 4. The molecule has 0 aromatic carbocycles. The summed E-state index contributed by atoms with van der Waals surface area (Å²) in [5.74, 6) is 0.183. The molecule has 5 nitrogen and oxygen atoms in total. The highest BCUT2D eigenvalue weighted by Gasteiger charge is 2.34. The van der Waals surface area contributed by atoms with Gasteiger partial charge in [0.2, 0.25) is 5.88 Å². The summed E-state index contributed by atoms with van der Waals surface area (Å²) in [5, 5.41) is 3.79. The van der Waals surface area contributed by atoms with Crippen molar-refractivity contribution in [3.8, 4) is 5.88 Å². The molecular formula is C13H17BrN2O3. The van der Waals surface area contributed by atoms with Gasteiger partial charge >= 0.3 is 0 Å². The van der Waals surface area contributed by atoms with E-state index in [2.05, 4.69) is 26.2 Å². The summed E-state index contributed by atoms with van der Waals surface area (Å²) in [6.45, 7) is 1.33. The first-order valence-corrected chi connectivity index (χ1v) is 7.28. The number of methoxy groups -OCH3 is 1. The molecule has 0 radical (unpaired) electrons. The summed E-state index contributed by atoms with van der Waals surface area (Å²) in [7, 11) is 1.51. The topological polar surface area (TPSA) is 60.5 Å². The van der Waals surface area contributed by atoms with Crippen LogP contribution >= 0.6 is 15.9 Å². The standard InChI is InChI=1S/C13H17BrN2O3/c1-18-12-10(3-2-6-15-12)11(17)16-13(9-14)4-7-19-8-5-13/h2-3,6H,4-5,7-9H2,1H3,(H,16,17). The minimum absolute atomic E-state index is 0.161. The highest BCUT2D eigenvalue weighted by atomic mass is 79.9. The Morgan fingerprint density at radius 2 is 2.32 bits per heavy atom.